The molecule has 0 saturated carbocycles. The van der Waals surface area contributed by atoms with Gasteiger partial charge in [-0.05, 0) is 83.5 Å². The molecule has 50 heavy (non-hydrogen) atoms. The van der Waals surface area contributed by atoms with Crippen LogP contribution < -0.4 is 5.32 Å². The van der Waals surface area contributed by atoms with Gasteiger partial charge in [0.25, 0.3) is 0 Å². The van der Waals surface area contributed by atoms with E-state index in [-0.39, 0.29) is 12.5 Å². The molecular weight excluding hydrogens is 615 g/mol. The SMILES string of the molecule is CC/C=C\C/C=C\C/C=C\C/C=C\CCCCCCCCCCCCCCC(=O)NC(CO)C(O)/C=C/CC/C=C/CC/C=C/CCCCC. The maximum Gasteiger partial charge on any atom is 0.220 e. The van der Waals surface area contributed by atoms with E-state index in [2.05, 4.69) is 92.1 Å². The van der Waals surface area contributed by atoms with Crippen molar-refractivity contribution in [1.29, 1.82) is 0 Å². The zero-order chi connectivity index (χ0) is 36.4. The fraction of sp³-hybridized carbons (Fsp3) is 0.674. The van der Waals surface area contributed by atoms with E-state index in [9.17, 15) is 15.0 Å². The average molecular weight is 694 g/mol. The summed E-state index contributed by atoms with van der Waals surface area (Å²) in [4.78, 5) is 12.4. The van der Waals surface area contributed by atoms with Gasteiger partial charge < -0.3 is 15.5 Å². The van der Waals surface area contributed by atoms with E-state index in [0.717, 1.165) is 64.2 Å². The maximum atomic E-state index is 12.4. The van der Waals surface area contributed by atoms with Crippen LogP contribution in [0, 0.1) is 0 Å². The molecule has 4 nitrogen and oxygen atoms in total. The third-order valence-electron chi connectivity index (χ3n) is 8.84. The lowest BCUT2D eigenvalue weighted by Gasteiger charge is -2.19. The predicted octanol–water partition coefficient (Wildman–Crippen LogP) is 12.9. The Morgan fingerprint density at radius 2 is 0.900 bits per heavy atom. The van der Waals surface area contributed by atoms with E-state index in [0.29, 0.717) is 6.42 Å². The minimum atomic E-state index is -0.873. The van der Waals surface area contributed by atoms with Gasteiger partial charge in [0.05, 0.1) is 18.8 Å². The highest BCUT2D eigenvalue weighted by molar-refractivity contribution is 5.76. The van der Waals surface area contributed by atoms with Crippen LogP contribution in [0.3, 0.4) is 0 Å². The summed E-state index contributed by atoms with van der Waals surface area (Å²) in [5, 5.41) is 22.9. The largest absolute Gasteiger partial charge is 0.394 e. The van der Waals surface area contributed by atoms with Gasteiger partial charge >= 0.3 is 0 Å². The standard InChI is InChI=1S/C46H79NO3/c1-3-5-7-9-11-13-15-17-18-19-20-21-22-23-24-25-26-27-28-30-32-34-36-38-40-42-46(50)47-44(43-48)45(49)41-39-37-35-33-31-29-16-14-12-10-8-6-4-2/h5,7,11-14,17-18,20-21,31,33,39,41,44-45,48-49H,3-4,6,8-10,15-16,19,22-30,32,34-38,40,42-43H2,1-2H3,(H,47,50)/b7-5-,13-11-,14-12+,18-17-,21-20-,33-31+,41-39+. The molecule has 0 rings (SSSR count). The van der Waals surface area contributed by atoms with Gasteiger partial charge in [-0.15, -0.1) is 0 Å². The van der Waals surface area contributed by atoms with Crippen molar-refractivity contribution in [2.45, 2.75) is 193 Å². The quantitative estimate of drug-likeness (QED) is 0.0452. The molecule has 3 N–H and O–H groups in total. The van der Waals surface area contributed by atoms with Crippen LogP contribution in [0.5, 0.6) is 0 Å². The van der Waals surface area contributed by atoms with E-state index in [1.807, 2.05) is 6.08 Å². The Hall–Kier alpha value is -2.43. The Kier molecular flexibility index (Phi) is 39.0. The lowest BCUT2D eigenvalue weighted by Crippen LogP contribution is -2.45. The molecule has 0 bridgehead atoms. The molecule has 2 atom stereocenters. The summed E-state index contributed by atoms with van der Waals surface area (Å²) >= 11 is 0. The maximum absolute atomic E-state index is 12.4. The molecule has 0 fully saturated rings. The summed E-state index contributed by atoms with van der Waals surface area (Å²) in [6, 6.07) is -0.649. The number of carbonyl (C=O) groups excluding carboxylic acids is 1. The number of aliphatic hydroxyl groups is 2. The second kappa shape index (κ2) is 41.0. The summed E-state index contributed by atoms with van der Waals surface area (Å²) < 4.78 is 0. The van der Waals surface area contributed by atoms with Gasteiger partial charge in [0.15, 0.2) is 0 Å². The molecule has 0 aromatic carbocycles. The Labute approximate surface area is 310 Å². The molecule has 0 aliphatic heterocycles. The van der Waals surface area contributed by atoms with E-state index < -0.39 is 12.1 Å². The highest BCUT2D eigenvalue weighted by Gasteiger charge is 2.17. The monoisotopic (exact) mass is 694 g/mol. The number of aliphatic hydroxyl groups excluding tert-OH is 2. The van der Waals surface area contributed by atoms with E-state index in [4.69, 9.17) is 0 Å². The molecule has 0 saturated heterocycles. The van der Waals surface area contributed by atoms with Gasteiger partial charge in [0.2, 0.25) is 5.91 Å². The number of unbranched alkanes of at least 4 members (excludes halogenated alkanes) is 17. The number of carbonyl (C=O) groups is 1. The minimum absolute atomic E-state index is 0.0858. The summed E-state index contributed by atoms with van der Waals surface area (Å²) in [7, 11) is 0. The van der Waals surface area contributed by atoms with Crippen LogP contribution in [0.15, 0.2) is 85.1 Å². The summed E-state index contributed by atoms with van der Waals surface area (Å²) in [6.45, 7) is 4.13. The van der Waals surface area contributed by atoms with Gasteiger partial charge in [-0.1, -0.05) is 176 Å². The molecular formula is C46H79NO3. The minimum Gasteiger partial charge on any atom is -0.394 e. The molecule has 1 amide bonds. The Bertz CT molecular complexity index is 926. The van der Waals surface area contributed by atoms with Gasteiger partial charge in [0, 0.05) is 6.42 Å². The summed E-state index contributed by atoms with van der Waals surface area (Å²) in [6.07, 6.45) is 59.7. The zero-order valence-corrected chi connectivity index (χ0v) is 32.6. The molecule has 286 valence electrons. The lowest BCUT2D eigenvalue weighted by molar-refractivity contribution is -0.123. The van der Waals surface area contributed by atoms with Crippen molar-refractivity contribution in [2.75, 3.05) is 6.61 Å². The molecule has 0 heterocycles. The van der Waals surface area contributed by atoms with Crippen molar-refractivity contribution in [3.05, 3.63) is 85.1 Å². The van der Waals surface area contributed by atoms with Crippen molar-refractivity contribution in [2.24, 2.45) is 0 Å². The first-order valence-corrected chi connectivity index (χ1v) is 20.8. The van der Waals surface area contributed by atoms with Crippen LogP contribution in [0.2, 0.25) is 0 Å². The molecule has 2 unspecified atom stereocenters. The average Bonchev–Trinajstić information content (AvgIpc) is 3.12. The van der Waals surface area contributed by atoms with Crippen LogP contribution >= 0.6 is 0 Å². The van der Waals surface area contributed by atoms with Crippen molar-refractivity contribution in [3.8, 4) is 0 Å². The molecule has 0 aromatic rings. The van der Waals surface area contributed by atoms with Crippen molar-refractivity contribution >= 4 is 5.91 Å². The first kappa shape index (κ1) is 47.6. The number of amides is 1. The van der Waals surface area contributed by atoms with Gasteiger partial charge in [0.1, 0.15) is 0 Å². The van der Waals surface area contributed by atoms with Crippen molar-refractivity contribution in [1.82, 2.24) is 5.32 Å². The molecule has 0 aromatic heterocycles. The Morgan fingerprint density at radius 1 is 0.500 bits per heavy atom. The Morgan fingerprint density at radius 3 is 1.40 bits per heavy atom. The van der Waals surface area contributed by atoms with Crippen LogP contribution in [0.4, 0.5) is 0 Å². The first-order chi connectivity index (χ1) is 24.7. The smallest absolute Gasteiger partial charge is 0.220 e. The zero-order valence-electron chi connectivity index (χ0n) is 32.6. The van der Waals surface area contributed by atoms with Crippen LogP contribution in [-0.2, 0) is 4.79 Å². The summed E-state index contributed by atoms with van der Waals surface area (Å²) in [5.74, 6) is -0.0858. The van der Waals surface area contributed by atoms with Gasteiger partial charge in [-0.25, -0.2) is 0 Å². The second-order valence-corrected chi connectivity index (χ2v) is 13.7. The van der Waals surface area contributed by atoms with Crippen molar-refractivity contribution < 1.29 is 15.0 Å². The normalized spacial score (nSPS) is 13.9. The molecule has 0 aliphatic carbocycles. The number of nitrogens with one attached hydrogen (secondary N) is 1. The number of hydrogen-bond acceptors (Lipinski definition) is 3. The second-order valence-electron chi connectivity index (χ2n) is 13.7. The predicted molar refractivity (Wildman–Crippen MR) is 220 cm³/mol. The molecule has 0 spiro atoms. The molecule has 4 heteroatoms. The van der Waals surface area contributed by atoms with E-state index in [1.165, 1.54) is 96.3 Å². The number of allylic oxidation sites excluding steroid dienone is 13. The van der Waals surface area contributed by atoms with E-state index in [1.54, 1.807) is 6.08 Å². The first-order valence-electron chi connectivity index (χ1n) is 20.8. The number of hydrogen-bond donors (Lipinski definition) is 3. The van der Waals surface area contributed by atoms with Crippen molar-refractivity contribution in [3.63, 3.8) is 0 Å². The highest BCUT2D eigenvalue weighted by atomic mass is 16.3. The third-order valence-corrected chi connectivity index (χ3v) is 8.84. The fourth-order valence-electron chi connectivity index (χ4n) is 5.67. The highest BCUT2D eigenvalue weighted by Crippen LogP contribution is 2.13. The fourth-order valence-corrected chi connectivity index (χ4v) is 5.67. The Balaban J connectivity index is 3.62. The number of rotatable bonds is 36. The summed E-state index contributed by atoms with van der Waals surface area (Å²) in [5.41, 5.74) is 0. The molecule has 0 radical (unpaired) electrons. The van der Waals surface area contributed by atoms with Crippen LogP contribution in [0.1, 0.15) is 181 Å². The van der Waals surface area contributed by atoms with E-state index >= 15 is 0 Å². The van der Waals surface area contributed by atoms with Gasteiger partial charge in [-0.3, -0.25) is 4.79 Å². The topological polar surface area (TPSA) is 69.6 Å². The lowest BCUT2D eigenvalue weighted by atomic mass is 10.0. The van der Waals surface area contributed by atoms with Crippen LogP contribution in [0.25, 0.3) is 0 Å². The van der Waals surface area contributed by atoms with Crippen LogP contribution in [-0.4, -0.2) is 34.9 Å². The van der Waals surface area contributed by atoms with Gasteiger partial charge in [-0.2, -0.15) is 0 Å². The molecule has 0 aliphatic rings. The third kappa shape index (κ3) is 36.8.